The van der Waals surface area contributed by atoms with Crippen LogP contribution in [-0.4, -0.2) is 13.1 Å². The predicted molar refractivity (Wildman–Crippen MR) is 82.2 cm³/mol. The van der Waals surface area contributed by atoms with E-state index in [4.69, 9.17) is 23.2 Å². The van der Waals surface area contributed by atoms with Crippen LogP contribution in [0.4, 0.5) is 0 Å². The van der Waals surface area contributed by atoms with Gasteiger partial charge in [-0.2, -0.15) is 0 Å². The molecule has 2 aliphatic rings. The van der Waals surface area contributed by atoms with Crippen LogP contribution in [0.3, 0.4) is 0 Å². The molecule has 2 saturated carbocycles. The summed E-state index contributed by atoms with van der Waals surface area (Å²) < 4.78 is 0. The second kappa shape index (κ2) is 4.95. The van der Waals surface area contributed by atoms with Crippen molar-refractivity contribution in [2.45, 2.75) is 44.4 Å². The van der Waals surface area contributed by atoms with Gasteiger partial charge in [-0.25, -0.2) is 0 Å². The molecule has 0 saturated heterocycles. The largest absolute Gasteiger partial charge is 0.316 e. The van der Waals surface area contributed by atoms with E-state index in [1.54, 1.807) is 0 Å². The number of halogens is 2. The molecule has 0 bridgehead atoms. The molecule has 2 aliphatic carbocycles. The quantitative estimate of drug-likeness (QED) is 0.841. The highest BCUT2D eigenvalue weighted by Crippen LogP contribution is 2.65. The Balaban J connectivity index is 1.87. The maximum Gasteiger partial charge on any atom is 0.0458 e. The summed E-state index contributed by atoms with van der Waals surface area (Å²) in [6.07, 6.45) is 6.80. The van der Waals surface area contributed by atoms with Crippen LogP contribution >= 0.6 is 23.2 Å². The second-order valence-corrected chi connectivity index (χ2v) is 7.24. The van der Waals surface area contributed by atoms with Crippen molar-refractivity contribution in [3.05, 3.63) is 33.8 Å². The minimum atomic E-state index is 0.234. The van der Waals surface area contributed by atoms with Crippen molar-refractivity contribution in [3.63, 3.8) is 0 Å². The maximum atomic E-state index is 6.45. The lowest BCUT2D eigenvalue weighted by Gasteiger charge is -2.62. The van der Waals surface area contributed by atoms with E-state index in [2.05, 4.69) is 18.3 Å². The Bertz CT molecular complexity index is 472. The third kappa shape index (κ3) is 2.30. The number of benzene rings is 1. The Labute approximate surface area is 125 Å². The van der Waals surface area contributed by atoms with Crippen molar-refractivity contribution in [1.29, 1.82) is 0 Å². The molecule has 1 aromatic carbocycles. The van der Waals surface area contributed by atoms with Crippen LogP contribution in [0.15, 0.2) is 18.2 Å². The van der Waals surface area contributed by atoms with Crippen molar-refractivity contribution >= 4 is 23.2 Å². The van der Waals surface area contributed by atoms with Crippen LogP contribution in [0.1, 0.15) is 44.6 Å². The zero-order valence-corrected chi connectivity index (χ0v) is 12.9. The molecule has 104 valence electrons. The monoisotopic (exact) mass is 297 g/mol. The molecule has 0 aromatic heterocycles. The Morgan fingerprint density at radius 3 is 2.47 bits per heavy atom. The van der Waals surface area contributed by atoms with Crippen LogP contribution in [0.2, 0.25) is 10.0 Å². The van der Waals surface area contributed by atoms with Gasteiger partial charge in [0.15, 0.2) is 0 Å². The number of hydrogen-bond donors (Lipinski definition) is 1. The minimum absolute atomic E-state index is 0.234. The van der Waals surface area contributed by atoms with Crippen LogP contribution in [0, 0.1) is 5.41 Å². The van der Waals surface area contributed by atoms with Gasteiger partial charge in [0.25, 0.3) is 0 Å². The lowest BCUT2D eigenvalue weighted by atomic mass is 9.43. The molecule has 1 N–H and O–H groups in total. The first-order valence-electron chi connectivity index (χ1n) is 7.26. The molecule has 1 spiro atoms. The average molecular weight is 298 g/mol. The van der Waals surface area contributed by atoms with Gasteiger partial charge in [0.1, 0.15) is 0 Å². The molecule has 1 aromatic rings. The predicted octanol–water partition coefficient (Wildman–Crippen LogP) is 4.80. The fourth-order valence-corrected chi connectivity index (χ4v) is 4.72. The van der Waals surface area contributed by atoms with Gasteiger partial charge in [-0.05, 0) is 55.3 Å². The lowest BCUT2D eigenvalue weighted by molar-refractivity contribution is -0.0480. The summed E-state index contributed by atoms with van der Waals surface area (Å²) in [6, 6.07) is 5.99. The van der Waals surface area contributed by atoms with Crippen LogP contribution in [0.5, 0.6) is 0 Å². The summed E-state index contributed by atoms with van der Waals surface area (Å²) in [5.41, 5.74) is 2.16. The molecule has 3 heteroatoms. The van der Waals surface area contributed by atoms with Gasteiger partial charge in [0, 0.05) is 22.0 Å². The molecular formula is C16H21Cl2N. The molecule has 1 nitrogen and oxygen atoms in total. The van der Waals surface area contributed by atoms with Crippen LogP contribution < -0.4 is 5.32 Å². The fourth-order valence-electron chi connectivity index (χ4n) is 4.11. The third-order valence-corrected chi connectivity index (χ3v) is 5.60. The molecule has 0 amide bonds. The van der Waals surface area contributed by atoms with Crippen molar-refractivity contribution in [3.8, 4) is 0 Å². The van der Waals surface area contributed by atoms with E-state index in [9.17, 15) is 0 Å². The van der Waals surface area contributed by atoms with E-state index in [1.807, 2.05) is 12.1 Å². The van der Waals surface area contributed by atoms with Gasteiger partial charge >= 0.3 is 0 Å². The topological polar surface area (TPSA) is 12.0 Å². The molecule has 0 unspecified atom stereocenters. The highest BCUT2D eigenvalue weighted by molar-refractivity contribution is 6.35. The van der Waals surface area contributed by atoms with Crippen molar-refractivity contribution in [2.24, 2.45) is 5.41 Å². The molecule has 0 heterocycles. The SMILES string of the molecule is CCNCC1(c2ccc(Cl)cc2Cl)CC2(CCC2)C1. The Kier molecular flexibility index (Phi) is 3.57. The molecule has 0 aliphatic heterocycles. The van der Waals surface area contributed by atoms with Crippen molar-refractivity contribution < 1.29 is 0 Å². The summed E-state index contributed by atoms with van der Waals surface area (Å²) in [5, 5.41) is 5.09. The van der Waals surface area contributed by atoms with Crippen LogP contribution in [-0.2, 0) is 5.41 Å². The fraction of sp³-hybridized carbons (Fsp3) is 0.625. The van der Waals surface area contributed by atoms with Gasteiger partial charge in [-0.15, -0.1) is 0 Å². The van der Waals surface area contributed by atoms with Gasteiger partial charge in [-0.3, -0.25) is 0 Å². The molecule has 0 atom stereocenters. The van der Waals surface area contributed by atoms with Gasteiger partial charge < -0.3 is 5.32 Å². The minimum Gasteiger partial charge on any atom is -0.316 e. The summed E-state index contributed by atoms with van der Waals surface area (Å²) in [5.74, 6) is 0. The van der Waals surface area contributed by atoms with E-state index in [-0.39, 0.29) is 5.41 Å². The molecule has 3 rings (SSSR count). The third-order valence-electron chi connectivity index (χ3n) is 5.06. The summed E-state index contributed by atoms with van der Waals surface area (Å²) in [7, 11) is 0. The van der Waals surface area contributed by atoms with E-state index in [0.29, 0.717) is 5.41 Å². The van der Waals surface area contributed by atoms with Crippen molar-refractivity contribution in [2.75, 3.05) is 13.1 Å². The van der Waals surface area contributed by atoms with Crippen LogP contribution in [0.25, 0.3) is 0 Å². The first-order valence-corrected chi connectivity index (χ1v) is 8.01. The maximum absolute atomic E-state index is 6.45. The van der Waals surface area contributed by atoms with E-state index in [0.717, 1.165) is 23.1 Å². The van der Waals surface area contributed by atoms with E-state index in [1.165, 1.54) is 37.7 Å². The highest BCUT2D eigenvalue weighted by atomic mass is 35.5. The Morgan fingerprint density at radius 2 is 1.95 bits per heavy atom. The summed E-state index contributed by atoms with van der Waals surface area (Å²) in [4.78, 5) is 0. The molecular weight excluding hydrogens is 277 g/mol. The molecule has 0 radical (unpaired) electrons. The van der Waals surface area contributed by atoms with E-state index >= 15 is 0 Å². The zero-order valence-electron chi connectivity index (χ0n) is 11.4. The number of rotatable bonds is 4. The summed E-state index contributed by atoms with van der Waals surface area (Å²) in [6.45, 7) is 4.21. The first kappa shape index (κ1) is 13.7. The Hall–Kier alpha value is -0.240. The second-order valence-electron chi connectivity index (χ2n) is 6.39. The smallest absolute Gasteiger partial charge is 0.0458 e. The number of hydrogen-bond acceptors (Lipinski definition) is 1. The standard InChI is InChI=1S/C16H21Cl2N/c1-2-19-11-16(9-15(10-16)6-3-7-15)13-5-4-12(17)8-14(13)18/h4-5,8,19H,2-3,6-7,9-11H2,1H3. The highest BCUT2D eigenvalue weighted by Gasteiger charge is 2.57. The molecule has 19 heavy (non-hydrogen) atoms. The summed E-state index contributed by atoms with van der Waals surface area (Å²) >= 11 is 12.5. The lowest BCUT2D eigenvalue weighted by Crippen LogP contribution is -2.57. The zero-order chi connectivity index (χ0) is 13.5. The number of likely N-dealkylation sites (N-methyl/N-ethyl adjacent to an activating group) is 1. The first-order chi connectivity index (χ1) is 9.09. The molecule has 2 fully saturated rings. The van der Waals surface area contributed by atoms with Gasteiger partial charge in [-0.1, -0.05) is 42.6 Å². The van der Waals surface area contributed by atoms with Gasteiger partial charge in [0.05, 0.1) is 0 Å². The van der Waals surface area contributed by atoms with Gasteiger partial charge in [0.2, 0.25) is 0 Å². The van der Waals surface area contributed by atoms with E-state index < -0.39 is 0 Å². The number of nitrogens with one attached hydrogen (secondary N) is 1. The normalized spacial score (nSPS) is 22.9. The average Bonchev–Trinajstić information content (AvgIpc) is 2.27. The van der Waals surface area contributed by atoms with Crippen molar-refractivity contribution in [1.82, 2.24) is 5.32 Å². The Morgan fingerprint density at radius 1 is 1.21 bits per heavy atom.